The van der Waals surface area contributed by atoms with E-state index in [-0.39, 0.29) is 4.90 Å². The van der Waals surface area contributed by atoms with Crippen molar-refractivity contribution < 1.29 is 13.2 Å². The van der Waals surface area contributed by atoms with Crippen LogP contribution in [0.25, 0.3) is 0 Å². The maximum Gasteiger partial charge on any atom is 0.265 e. The third-order valence-corrected chi connectivity index (χ3v) is 7.21. The van der Waals surface area contributed by atoms with Crippen molar-refractivity contribution in [3.8, 4) is 18.4 Å². The van der Waals surface area contributed by atoms with Crippen LogP contribution in [0.2, 0.25) is 0 Å². The van der Waals surface area contributed by atoms with E-state index in [2.05, 4.69) is 5.92 Å². The molecule has 0 amide bonds. The van der Waals surface area contributed by atoms with E-state index in [0.29, 0.717) is 22.4 Å². The van der Waals surface area contributed by atoms with Crippen LogP contribution in [-0.4, -0.2) is 20.2 Å². The number of fused-ring (bicyclic) bond motifs is 1. The van der Waals surface area contributed by atoms with Crippen LogP contribution in [0, 0.1) is 30.6 Å². The molecule has 1 heterocycles. The number of ketones is 1. The Labute approximate surface area is 181 Å². The van der Waals surface area contributed by atoms with E-state index in [9.17, 15) is 13.2 Å². The molecule has 4 rings (SSSR count). The lowest BCUT2D eigenvalue weighted by Gasteiger charge is -2.27. The van der Waals surface area contributed by atoms with Gasteiger partial charge in [-0.05, 0) is 42.8 Å². The van der Waals surface area contributed by atoms with E-state index < -0.39 is 27.8 Å². The van der Waals surface area contributed by atoms with Crippen molar-refractivity contribution in [1.29, 1.82) is 5.26 Å². The summed E-state index contributed by atoms with van der Waals surface area (Å²) < 4.78 is 28.5. The van der Waals surface area contributed by atoms with Gasteiger partial charge in [0.15, 0.2) is 5.78 Å². The molecule has 31 heavy (non-hydrogen) atoms. The molecule has 0 unspecified atom stereocenters. The lowest BCUT2D eigenvalue weighted by Crippen LogP contribution is -2.44. The second-order valence-corrected chi connectivity index (χ2v) is 9.13. The van der Waals surface area contributed by atoms with Gasteiger partial charge < -0.3 is 0 Å². The van der Waals surface area contributed by atoms with Gasteiger partial charge in [-0.3, -0.25) is 9.10 Å². The van der Waals surface area contributed by atoms with E-state index in [1.807, 2.05) is 13.0 Å². The molecule has 0 fully saturated rings. The highest BCUT2D eigenvalue weighted by atomic mass is 32.2. The Morgan fingerprint density at radius 2 is 1.65 bits per heavy atom. The fraction of sp³-hybridized carbons (Fsp3) is 0.120. The predicted octanol–water partition coefficient (Wildman–Crippen LogP) is 4.04. The van der Waals surface area contributed by atoms with Crippen LogP contribution in [0.1, 0.15) is 33.0 Å². The molecule has 1 aliphatic rings. The molecule has 3 aromatic carbocycles. The first-order valence-electron chi connectivity index (χ1n) is 9.59. The zero-order valence-electron chi connectivity index (χ0n) is 16.7. The SMILES string of the molecule is C#C[C@H]1c2ccccc2N(S(=O)(=O)c2ccc(C)cc2)[C@@H]1C(=O)c1ccc(C#N)cc1. The molecule has 2 atom stereocenters. The smallest absolute Gasteiger partial charge is 0.265 e. The highest BCUT2D eigenvalue weighted by Crippen LogP contribution is 2.44. The van der Waals surface area contributed by atoms with Crippen molar-refractivity contribution in [2.24, 2.45) is 0 Å². The van der Waals surface area contributed by atoms with Crippen LogP contribution in [0.4, 0.5) is 5.69 Å². The summed E-state index contributed by atoms with van der Waals surface area (Å²) in [6, 6.07) is 20.4. The van der Waals surface area contributed by atoms with Gasteiger partial charge in [-0.25, -0.2) is 8.42 Å². The second-order valence-electron chi connectivity index (χ2n) is 7.32. The fourth-order valence-electron chi connectivity index (χ4n) is 3.83. The van der Waals surface area contributed by atoms with Crippen molar-refractivity contribution in [2.75, 3.05) is 4.31 Å². The normalized spacial score (nSPS) is 17.5. The number of Topliss-reactive ketones (excluding diaryl/α,β-unsaturated/α-hetero) is 1. The monoisotopic (exact) mass is 426 g/mol. The summed E-state index contributed by atoms with van der Waals surface area (Å²) in [5.41, 5.74) is 2.64. The van der Waals surface area contributed by atoms with Gasteiger partial charge in [-0.2, -0.15) is 5.26 Å². The number of para-hydroxylation sites is 1. The summed E-state index contributed by atoms with van der Waals surface area (Å²) in [6.07, 6.45) is 5.80. The van der Waals surface area contributed by atoms with E-state index >= 15 is 0 Å². The maximum atomic E-state index is 13.7. The average Bonchev–Trinajstić information content (AvgIpc) is 3.14. The average molecular weight is 426 g/mol. The largest absolute Gasteiger partial charge is 0.292 e. The second kappa shape index (κ2) is 7.75. The van der Waals surface area contributed by atoms with Crippen molar-refractivity contribution in [1.82, 2.24) is 0 Å². The number of rotatable bonds is 4. The van der Waals surface area contributed by atoms with Gasteiger partial charge in [0.1, 0.15) is 6.04 Å². The number of carbonyl (C=O) groups is 1. The summed E-state index contributed by atoms with van der Waals surface area (Å²) >= 11 is 0. The first-order valence-corrected chi connectivity index (χ1v) is 11.0. The number of carbonyl (C=O) groups excluding carboxylic acids is 1. The first-order chi connectivity index (χ1) is 14.9. The van der Waals surface area contributed by atoms with Gasteiger partial charge >= 0.3 is 0 Å². The van der Waals surface area contributed by atoms with E-state index in [1.165, 1.54) is 36.4 Å². The number of anilines is 1. The zero-order chi connectivity index (χ0) is 22.2. The van der Waals surface area contributed by atoms with Crippen molar-refractivity contribution in [2.45, 2.75) is 23.8 Å². The lowest BCUT2D eigenvalue weighted by atomic mass is 9.90. The molecule has 0 N–H and O–H groups in total. The Morgan fingerprint density at radius 3 is 2.26 bits per heavy atom. The van der Waals surface area contributed by atoms with Gasteiger partial charge in [-0.15, -0.1) is 6.42 Å². The van der Waals surface area contributed by atoms with Gasteiger partial charge in [0.2, 0.25) is 0 Å². The standard InChI is InChI=1S/C25H18N2O3S/c1-3-21-22-6-4-5-7-23(22)27(31(29,30)20-14-8-17(2)9-15-20)24(21)25(28)19-12-10-18(16-26)11-13-19/h1,4-15,21,24H,2H3/t21-,24-/m0/s1. The molecule has 0 spiro atoms. The molecule has 3 aromatic rings. The number of hydrogen-bond donors (Lipinski definition) is 0. The van der Waals surface area contributed by atoms with Gasteiger partial charge in [-0.1, -0.05) is 53.9 Å². The molecule has 0 aliphatic carbocycles. The summed E-state index contributed by atoms with van der Waals surface area (Å²) in [6.45, 7) is 1.87. The van der Waals surface area contributed by atoms with Gasteiger partial charge in [0, 0.05) is 5.56 Å². The zero-order valence-corrected chi connectivity index (χ0v) is 17.5. The molecule has 1 aliphatic heterocycles. The third kappa shape index (κ3) is 3.38. The Hall–Kier alpha value is -3.87. The fourth-order valence-corrected chi connectivity index (χ4v) is 5.48. The van der Waals surface area contributed by atoms with Gasteiger partial charge in [0.05, 0.1) is 28.1 Å². The van der Waals surface area contributed by atoms with Crippen molar-refractivity contribution in [3.63, 3.8) is 0 Å². The molecule has 0 radical (unpaired) electrons. The maximum absolute atomic E-state index is 13.7. The van der Waals surface area contributed by atoms with Gasteiger partial charge in [0.25, 0.3) is 10.0 Å². The number of aryl methyl sites for hydroxylation is 1. The Balaban J connectivity index is 1.89. The summed E-state index contributed by atoms with van der Waals surface area (Å²) in [5, 5.41) is 9.02. The van der Waals surface area contributed by atoms with Crippen LogP contribution in [0.3, 0.4) is 0 Å². The minimum Gasteiger partial charge on any atom is -0.292 e. The number of nitriles is 1. The number of sulfonamides is 1. The Kier molecular flexibility index (Phi) is 5.10. The molecular weight excluding hydrogens is 408 g/mol. The third-order valence-electron chi connectivity index (χ3n) is 5.40. The summed E-state index contributed by atoms with van der Waals surface area (Å²) in [7, 11) is -4.06. The number of hydrogen-bond acceptors (Lipinski definition) is 4. The van der Waals surface area contributed by atoms with Crippen molar-refractivity contribution in [3.05, 3.63) is 95.1 Å². The van der Waals surface area contributed by atoms with E-state index in [4.69, 9.17) is 11.7 Å². The highest BCUT2D eigenvalue weighted by molar-refractivity contribution is 7.93. The summed E-state index contributed by atoms with van der Waals surface area (Å²) in [5.74, 6) is 1.47. The van der Waals surface area contributed by atoms with Crippen LogP contribution < -0.4 is 4.31 Å². The Morgan fingerprint density at radius 1 is 1.00 bits per heavy atom. The van der Waals surface area contributed by atoms with E-state index in [0.717, 1.165) is 9.87 Å². The van der Waals surface area contributed by atoms with E-state index in [1.54, 1.807) is 36.4 Å². The highest BCUT2D eigenvalue weighted by Gasteiger charge is 2.48. The molecule has 0 saturated heterocycles. The molecule has 0 saturated carbocycles. The number of benzene rings is 3. The molecule has 6 heteroatoms. The van der Waals surface area contributed by atoms with Crippen LogP contribution in [0.5, 0.6) is 0 Å². The minimum atomic E-state index is -4.06. The minimum absolute atomic E-state index is 0.0863. The Bertz CT molecular complexity index is 1350. The lowest BCUT2D eigenvalue weighted by molar-refractivity contribution is 0.0962. The first kappa shape index (κ1) is 20.4. The quantitative estimate of drug-likeness (QED) is 0.466. The summed E-state index contributed by atoms with van der Waals surface area (Å²) in [4.78, 5) is 13.6. The van der Waals surface area contributed by atoms with Crippen LogP contribution in [-0.2, 0) is 10.0 Å². The molecule has 0 aromatic heterocycles. The number of terminal acetylenes is 1. The van der Waals surface area contributed by atoms with Crippen molar-refractivity contribution >= 4 is 21.5 Å². The van der Waals surface area contributed by atoms with Crippen LogP contribution >= 0.6 is 0 Å². The molecule has 0 bridgehead atoms. The number of nitrogens with zero attached hydrogens (tertiary/aromatic N) is 2. The topological polar surface area (TPSA) is 78.2 Å². The molecular formula is C25H18N2O3S. The van der Waals surface area contributed by atoms with Crippen LogP contribution in [0.15, 0.2) is 77.7 Å². The molecule has 152 valence electrons. The predicted molar refractivity (Wildman–Crippen MR) is 118 cm³/mol. The molecule has 5 nitrogen and oxygen atoms in total.